The lowest BCUT2D eigenvalue weighted by molar-refractivity contribution is -0.156. The van der Waals surface area contributed by atoms with Gasteiger partial charge in [-0.1, -0.05) is 18.2 Å². The minimum atomic E-state index is -0.794. The number of halogens is 2. The van der Waals surface area contributed by atoms with Crippen LogP contribution in [0.2, 0.25) is 0 Å². The molecule has 0 radical (unpaired) electrons. The lowest BCUT2D eigenvalue weighted by Gasteiger charge is -2.24. The number of aryl methyl sites for hydroxylation is 3. The van der Waals surface area contributed by atoms with E-state index in [0.29, 0.717) is 39.2 Å². The molecule has 176 valence electrons. The van der Waals surface area contributed by atoms with Gasteiger partial charge in [-0.25, -0.2) is 13.5 Å². The summed E-state index contributed by atoms with van der Waals surface area (Å²) >= 11 is 0. The summed E-state index contributed by atoms with van der Waals surface area (Å²) in [6, 6.07) is 8.87. The third-order valence-corrected chi connectivity index (χ3v) is 5.71. The van der Waals surface area contributed by atoms with Gasteiger partial charge in [-0.15, -0.1) is 5.10 Å². The number of carbonyl (C=O) groups is 1. The van der Waals surface area contributed by atoms with Crippen molar-refractivity contribution in [2.75, 3.05) is 0 Å². The van der Waals surface area contributed by atoms with E-state index in [1.165, 1.54) is 28.9 Å². The topological polar surface area (TPSA) is 90.1 Å². The van der Waals surface area contributed by atoms with Crippen LogP contribution in [0.1, 0.15) is 40.9 Å². The van der Waals surface area contributed by atoms with Crippen LogP contribution in [0.5, 0.6) is 0 Å². The molecule has 3 aromatic rings. The first-order valence-corrected chi connectivity index (χ1v) is 10.8. The lowest BCUT2D eigenvalue weighted by atomic mass is 9.87. The van der Waals surface area contributed by atoms with Gasteiger partial charge in [0.05, 0.1) is 12.5 Å². The number of aliphatic hydroxyl groups excluding tert-OH is 1. The molecule has 2 atom stereocenters. The van der Waals surface area contributed by atoms with Gasteiger partial charge < -0.3 is 9.84 Å². The largest absolute Gasteiger partial charge is 0.458 e. The first-order chi connectivity index (χ1) is 16.2. The van der Waals surface area contributed by atoms with E-state index < -0.39 is 18.2 Å². The number of nitrogens with zero attached hydrogens (tertiary/aromatic N) is 4. The molecule has 9 heteroatoms. The molecular weight excluding hydrogens is 442 g/mol. The molecule has 1 aliphatic heterocycles. The average Bonchev–Trinajstić information content (AvgIpc) is 3.17. The number of aliphatic hydroxyl groups is 1. The summed E-state index contributed by atoms with van der Waals surface area (Å²) in [5, 5.41) is 21.8. The molecule has 0 saturated carbocycles. The van der Waals surface area contributed by atoms with Gasteiger partial charge >= 0.3 is 5.97 Å². The molecule has 4 rings (SSSR count). The van der Waals surface area contributed by atoms with Gasteiger partial charge in [0.15, 0.2) is 5.82 Å². The van der Waals surface area contributed by atoms with Gasteiger partial charge in [0.25, 0.3) is 0 Å². The summed E-state index contributed by atoms with van der Waals surface area (Å²) in [7, 11) is 1.68. The highest BCUT2D eigenvalue weighted by Crippen LogP contribution is 2.36. The summed E-state index contributed by atoms with van der Waals surface area (Å²) in [4.78, 5) is 11.8. The third kappa shape index (κ3) is 4.94. The van der Waals surface area contributed by atoms with Crippen LogP contribution in [0.15, 0.2) is 48.6 Å². The number of hydrogen-bond donors (Lipinski definition) is 1. The van der Waals surface area contributed by atoms with E-state index >= 15 is 0 Å². The van der Waals surface area contributed by atoms with Crippen molar-refractivity contribution in [3.05, 3.63) is 88.3 Å². The summed E-state index contributed by atoms with van der Waals surface area (Å²) in [5.41, 5.74) is 3.97. The van der Waals surface area contributed by atoms with Crippen molar-refractivity contribution in [3.8, 4) is 0 Å². The Kier molecular flexibility index (Phi) is 6.65. The highest BCUT2D eigenvalue weighted by atomic mass is 19.1. The van der Waals surface area contributed by atoms with Crippen molar-refractivity contribution < 1.29 is 23.4 Å². The van der Waals surface area contributed by atoms with E-state index in [0.717, 1.165) is 0 Å². The Morgan fingerprint density at radius 2 is 1.74 bits per heavy atom. The van der Waals surface area contributed by atoms with Gasteiger partial charge in [0.2, 0.25) is 0 Å². The van der Waals surface area contributed by atoms with E-state index in [-0.39, 0.29) is 24.5 Å². The van der Waals surface area contributed by atoms with Gasteiger partial charge in [-0.05, 0) is 76.9 Å². The number of carbonyl (C=O) groups excluding carboxylic acids is 1. The normalized spacial score (nSPS) is 18.2. The summed E-state index contributed by atoms with van der Waals surface area (Å²) in [5.74, 6) is -0.835. The number of allylic oxidation sites excluding steroid dienone is 2. The third-order valence-electron chi connectivity index (χ3n) is 5.71. The molecule has 34 heavy (non-hydrogen) atoms. The van der Waals surface area contributed by atoms with E-state index in [4.69, 9.17) is 4.74 Å². The number of benzene rings is 2. The van der Waals surface area contributed by atoms with Crippen LogP contribution in [0.25, 0.3) is 11.1 Å². The Balaban J connectivity index is 1.98. The zero-order chi connectivity index (χ0) is 24.4. The number of tetrazole rings is 1. The van der Waals surface area contributed by atoms with Crippen LogP contribution >= 0.6 is 0 Å². The maximum atomic E-state index is 14.0. The molecule has 1 saturated heterocycles. The Morgan fingerprint density at radius 1 is 1.12 bits per heavy atom. The van der Waals surface area contributed by atoms with E-state index in [1.807, 2.05) is 0 Å². The summed E-state index contributed by atoms with van der Waals surface area (Å²) in [6.45, 7) is 3.57. The molecule has 0 amide bonds. The van der Waals surface area contributed by atoms with Gasteiger partial charge in [-0.2, -0.15) is 0 Å². The number of rotatable bonds is 5. The van der Waals surface area contributed by atoms with Gasteiger partial charge in [-0.3, -0.25) is 4.79 Å². The standard InChI is InChI=1S/C25H24F2N4O3/c1-14-10-16(26)4-7-20(14)24(21-8-5-17(27)11-15(21)2)22(25-28-29-30-31(25)3)9-6-19-12-18(32)13-23(33)34-19/h4-11,18-19,32H,12-13H2,1-3H3/b9-6+/t18-,19-/m1/s1. The number of hydrogen-bond acceptors (Lipinski definition) is 6. The minimum absolute atomic E-state index is 0.0466. The van der Waals surface area contributed by atoms with E-state index in [1.54, 1.807) is 45.2 Å². The van der Waals surface area contributed by atoms with Gasteiger partial charge in [0.1, 0.15) is 17.7 Å². The van der Waals surface area contributed by atoms with Crippen molar-refractivity contribution in [2.45, 2.75) is 38.9 Å². The fourth-order valence-corrected chi connectivity index (χ4v) is 4.11. The predicted octanol–water partition coefficient (Wildman–Crippen LogP) is 3.69. The molecule has 1 fully saturated rings. The zero-order valence-electron chi connectivity index (χ0n) is 19.0. The molecular formula is C25H24F2N4O3. The molecule has 7 nitrogen and oxygen atoms in total. The van der Waals surface area contributed by atoms with Crippen molar-refractivity contribution in [3.63, 3.8) is 0 Å². The Morgan fingerprint density at radius 3 is 2.24 bits per heavy atom. The summed E-state index contributed by atoms with van der Waals surface area (Å²) < 4.78 is 34.8. The molecule has 2 heterocycles. The Hall–Kier alpha value is -3.72. The fraction of sp³-hybridized carbons (Fsp3) is 0.280. The molecule has 0 spiro atoms. The zero-order valence-corrected chi connectivity index (χ0v) is 19.0. The van der Waals surface area contributed by atoms with Crippen molar-refractivity contribution in [1.82, 2.24) is 20.2 Å². The SMILES string of the molecule is Cc1cc(F)ccc1C(=C(/C=C/[C@@H]1C[C@@H](O)CC(=O)O1)c1nnnn1C)c1ccc(F)cc1C. The van der Waals surface area contributed by atoms with Crippen LogP contribution in [0.3, 0.4) is 0 Å². The second kappa shape index (κ2) is 9.64. The van der Waals surface area contributed by atoms with Crippen LogP contribution in [-0.2, 0) is 16.6 Å². The molecule has 0 bridgehead atoms. The Bertz CT molecular complexity index is 1250. The highest BCUT2D eigenvalue weighted by Gasteiger charge is 2.26. The van der Waals surface area contributed by atoms with Crippen LogP contribution in [0.4, 0.5) is 8.78 Å². The maximum Gasteiger partial charge on any atom is 0.309 e. The number of cyclic esters (lactones) is 1. The predicted molar refractivity (Wildman–Crippen MR) is 121 cm³/mol. The lowest BCUT2D eigenvalue weighted by Crippen LogP contribution is -2.31. The fourth-order valence-electron chi connectivity index (χ4n) is 4.11. The van der Waals surface area contributed by atoms with Gasteiger partial charge in [0, 0.05) is 24.6 Å². The second-order valence-corrected chi connectivity index (χ2v) is 8.31. The first-order valence-electron chi connectivity index (χ1n) is 10.8. The maximum absolute atomic E-state index is 14.0. The van der Waals surface area contributed by atoms with E-state index in [2.05, 4.69) is 15.5 Å². The molecule has 0 aliphatic carbocycles. The molecule has 1 aromatic heterocycles. The molecule has 1 aliphatic rings. The first kappa shape index (κ1) is 23.4. The van der Waals surface area contributed by atoms with Crippen LogP contribution < -0.4 is 0 Å². The minimum Gasteiger partial charge on any atom is -0.458 e. The van der Waals surface area contributed by atoms with E-state index in [9.17, 15) is 18.7 Å². The molecule has 1 N–H and O–H groups in total. The number of ether oxygens (including phenoxy) is 1. The van der Waals surface area contributed by atoms with Crippen molar-refractivity contribution >= 4 is 17.1 Å². The molecule has 2 aromatic carbocycles. The smallest absolute Gasteiger partial charge is 0.309 e. The van der Waals surface area contributed by atoms with Crippen LogP contribution in [-0.4, -0.2) is 43.5 Å². The number of aromatic nitrogens is 4. The number of esters is 1. The highest BCUT2D eigenvalue weighted by molar-refractivity contribution is 6.02. The van der Waals surface area contributed by atoms with Crippen molar-refractivity contribution in [1.29, 1.82) is 0 Å². The average molecular weight is 466 g/mol. The molecule has 0 unspecified atom stereocenters. The van der Waals surface area contributed by atoms with Crippen molar-refractivity contribution in [2.24, 2.45) is 7.05 Å². The Labute approximate surface area is 195 Å². The summed E-state index contributed by atoms with van der Waals surface area (Å²) in [6.07, 6.45) is 2.17. The second-order valence-electron chi connectivity index (χ2n) is 8.31. The van der Waals surface area contributed by atoms with Crippen LogP contribution in [0, 0.1) is 25.5 Å². The monoisotopic (exact) mass is 466 g/mol. The quantitative estimate of drug-likeness (QED) is 0.456.